The molecule has 0 saturated carbocycles. The SMILES string of the molecule is CCCNC(=O)CCc1ccc(NC(=O)CCOCCOCCNC(=O)CCN2C(=O)CCC2=O)cc1. The maximum atomic E-state index is 12.1. The van der Waals surface area contributed by atoms with Gasteiger partial charge in [-0.05, 0) is 30.5 Å². The number of carbonyl (C=O) groups excluding carboxylic acids is 5. The average Bonchev–Trinajstić information content (AvgIpc) is 3.21. The number of likely N-dealkylation sites (tertiary alicyclic amines) is 1. The van der Waals surface area contributed by atoms with Crippen molar-refractivity contribution in [2.24, 2.45) is 0 Å². The first-order valence-electron chi connectivity index (χ1n) is 12.8. The van der Waals surface area contributed by atoms with Gasteiger partial charge in [0, 0.05) is 51.0 Å². The molecule has 0 spiro atoms. The maximum Gasteiger partial charge on any atom is 0.229 e. The molecule has 0 aliphatic carbocycles. The molecule has 3 N–H and O–H groups in total. The van der Waals surface area contributed by atoms with E-state index in [1.54, 1.807) is 0 Å². The van der Waals surface area contributed by atoms with Crippen molar-refractivity contribution in [1.82, 2.24) is 15.5 Å². The third kappa shape index (κ3) is 12.5. The van der Waals surface area contributed by atoms with Crippen LogP contribution in [0.15, 0.2) is 24.3 Å². The number of amides is 5. The summed E-state index contributed by atoms with van der Waals surface area (Å²) in [5.41, 5.74) is 1.72. The van der Waals surface area contributed by atoms with Gasteiger partial charge in [-0.25, -0.2) is 0 Å². The van der Waals surface area contributed by atoms with E-state index in [-0.39, 0.29) is 68.4 Å². The van der Waals surface area contributed by atoms with Gasteiger partial charge in [-0.2, -0.15) is 0 Å². The molecule has 0 atom stereocenters. The Labute approximate surface area is 217 Å². The van der Waals surface area contributed by atoms with Crippen molar-refractivity contribution in [2.45, 2.75) is 51.9 Å². The minimum atomic E-state index is -0.247. The molecular formula is C26H38N4O7. The topological polar surface area (TPSA) is 143 Å². The van der Waals surface area contributed by atoms with Crippen LogP contribution in [-0.4, -0.2) is 80.5 Å². The average molecular weight is 519 g/mol. The largest absolute Gasteiger partial charge is 0.379 e. The Hall–Kier alpha value is -3.31. The Bertz CT molecular complexity index is 889. The van der Waals surface area contributed by atoms with Crippen LogP contribution in [0.5, 0.6) is 0 Å². The molecule has 11 nitrogen and oxygen atoms in total. The van der Waals surface area contributed by atoms with Crippen LogP contribution in [0, 0.1) is 0 Å². The third-order valence-electron chi connectivity index (χ3n) is 5.58. The first kappa shape index (κ1) is 29.9. The summed E-state index contributed by atoms with van der Waals surface area (Å²) in [6, 6.07) is 7.43. The van der Waals surface area contributed by atoms with Crippen molar-refractivity contribution in [3.05, 3.63) is 29.8 Å². The van der Waals surface area contributed by atoms with Crippen LogP contribution in [-0.2, 0) is 39.9 Å². The Kier molecular flexibility index (Phi) is 13.9. The molecule has 1 aromatic carbocycles. The second kappa shape index (κ2) is 17.2. The predicted octanol–water partition coefficient (Wildman–Crippen LogP) is 1.16. The standard InChI is InChI=1S/C26H38N4O7/c1-2-13-27-22(31)8-5-20-3-6-21(7-4-20)29-24(33)12-16-36-18-19-37-17-14-28-23(32)11-15-30-25(34)9-10-26(30)35/h3-4,6-7H,2,5,8-19H2,1H3,(H,27,31)(H,28,32)(H,29,33). The summed E-state index contributed by atoms with van der Waals surface area (Å²) in [4.78, 5) is 59.7. The number of benzene rings is 1. The molecule has 1 aliphatic heterocycles. The molecule has 1 aliphatic rings. The third-order valence-corrected chi connectivity index (χ3v) is 5.58. The van der Waals surface area contributed by atoms with Crippen molar-refractivity contribution in [3.63, 3.8) is 0 Å². The summed E-state index contributed by atoms with van der Waals surface area (Å²) in [5.74, 6) is -0.822. The van der Waals surface area contributed by atoms with Crippen LogP contribution in [0.1, 0.15) is 51.0 Å². The lowest BCUT2D eigenvalue weighted by molar-refractivity contribution is -0.138. The summed E-state index contributed by atoms with van der Waals surface area (Å²) in [5, 5.41) is 8.34. The molecule has 11 heteroatoms. The second-order valence-corrected chi connectivity index (χ2v) is 8.61. The number of hydrogen-bond acceptors (Lipinski definition) is 7. The van der Waals surface area contributed by atoms with Crippen molar-refractivity contribution in [3.8, 4) is 0 Å². The van der Waals surface area contributed by atoms with E-state index in [9.17, 15) is 24.0 Å². The summed E-state index contributed by atoms with van der Waals surface area (Å²) in [6.07, 6.45) is 2.72. The van der Waals surface area contributed by atoms with Gasteiger partial charge in [0.05, 0.1) is 32.8 Å². The predicted molar refractivity (Wildman–Crippen MR) is 137 cm³/mol. The monoisotopic (exact) mass is 518 g/mol. The maximum absolute atomic E-state index is 12.1. The Balaban J connectivity index is 1.44. The van der Waals surface area contributed by atoms with Gasteiger partial charge in [0.25, 0.3) is 0 Å². The number of imide groups is 1. The molecule has 1 heterocycles. The molecule has 0 aromatic heterocycles. The number of rotatable bonds is 18. The summed E-state index contributed by atoms with van der Waals surface area (Å²) < 4.78 is 10.8. The molecule has 1 aromatic rings. The number of carbonyl (C=O) groups is 5. The van der Waals surface area contributed by atoms with E-state index in [1.807, 2.05) is 31.2 Å². The van der Waals surface area contributed by atoms with Crippen molar-refractivity contribution >= 4 is 35.2 Å². The second-order valence-electron chi connectivity index (χ2n) is 8.61. The summed E-state index contributed by atoms with van der Waals surface area (Å²) in [7, 11) is 0. The number of nitrogens with one attached hydrogen (secondary N) is 3. The molecule has 2 rings (SSSR count). The van der Waals surface area contributed by atoms with Crippen molar-refractivity contribution in [2.75, 3.05) is 51.4 Å². The van der Waals surface area contributed by atoms with Gasteiger partial charge in [-0.1, -0.05) is 19.1 Å². The van der Waals surface area contributed by atoms with Crippen molar-refractivity contribution < 1.29 is 33.4 Å². The number of ether oxygens (including phenoxy) is 2. The zero-order valence-electron chi connectivity index (χ0n) is 21.5. The highest BCUT2D eigenvalue weighted by molar-refractivity contribution is 6.02. The first-order chi connectivity index (χ1) is 17.9. The molecule has 0 radical (unpaired) electrons. The fourth-order valence-electron chi connectivity index (χ4n) is 3.51. The minimum Gasteiger partial charge on any atom is -0.379 e. The van der Waals surface area contributed by atoms with E-state index in [1.165, 1.54) is 0 Å². The minimum absolute atomic E-state index is 0.0407. The van der Waals surface area contributed by atoms with Crippen LogP contribution >= 0.6 is 0 Å². The number of nitrogens with zero attached hydrogens (tertiary/aromatic N) is 1. The van der Waals surface area contributed by atoms with Gasteiger partial charge in [-0.3, -0.25) is 28.9 Å². The Morgan fingerprint density at radius 2 is 1.41 bits per heavy atom. The lowest BCUT2D eigenvalue weighted by Crippen LogP contribution is -2.35. The van der Waals surface area contributed by atoms with Gasteiger partial charge in [0.1, 0.15) is 0 Å². The van der Waals surface area contributed by atoms with E-state index in [4.69, 9.17) is 9.47 Å². The lowest BCUT2D eigenvalue weighted by atomic mass is 10.1. The van der Waals surface area contributed by atoms with Crippen molar-refractivity contribution in [1.29, 1.82) is 0 Å². The molecule has 204 valence electrons. The molecule has 37 heavy (non-hydrogen) atoms. The first-order valence-corrected chi connectivity index (χ1v) is 12.8. The van der Waals surface area contributed by atoms with E-state index in [0.717, 1.165) is 16.9 Å². The van der Waals surface area contributed by atoms with Crippen LogP contribution in [0.4, 0.5) is 5.69 Å². The van der Waals surface area contributed by atoms with Gasteiger partial charge in [0.15, 0.2) is 0 Å². The lowest BCUT2D eigenvalue weighted by Gasteiger charge is -2.13. The molecule has 5 amide bonds. The normalized spacial score (nSPS) is 13.1. The smallest absolute Gasteiger partial charge is 0.229 e. The molecule has 0 unspecified atom stereocenters. The molecular weight excluding hydrogens is 480 g/mol. The number of aryl methyl sites for hydroxylation is 1. The zero-order chi connectivity index (χ0) is 26.9. The van der Waals surface area contributed by atoms with Gasteiger partial charge >= 0.3 is 0 Å². The quantitative estimate of drug-likeness (QED) is 0.195. The Morgan fingerprint density at radius 3 is 2.08 bits per heavy atom. The number of hydrogen-bond donors (Lipinski definition) is 3. The highest BCUT2D eigenvalue weighted by Crippen LogP contribution is 2.12. The van der Waals surface area contributed by atoms with Gasteiger partial charge in [-0.15, -0.1) is 0 Å². The highest BCUT2D eigenvalue weighted by atomic mass is 16.5. The highest BCUT2D eigenvalue weighted by Gasteiger charge is 2.28. The fourth-order valence-corrected chi connectivity index (χ4v) is 3.51. The van der Waals surface area contributed by atoms with E-state index < -0.39 is 0 Å². The van der Waals surface area contributed by atoms with E-state index >= 15 is 0 Å². The molecule has 1 saturated heterocycles. The van der Waals surface area contributed by atoms with Crippen LogP contribution < -0.4 is 16.0 Å². The number of anilines is 1. The molecule has 1 fully saturated rings. The van der Waals surface area contributed by atoms with Crippen LogP contribution in [0.2, 0.25) is 0 Å². The van der Waals surface area contributed by atoms with Crippen LogP contribution in [0.3, 0.4) is 0 Å². The van der Waals surface area contributed by atoms with E-state index in [2.05, 4.69) is 16.0 Å². The summed E-state index contributed by atoms with van der Waals surface area (Å²) in [6.45, 7) is 4.33. The molecule has 0 bridgehead atoms. The Morgan fingerprint density at radius 1 is 0.784 bits per heavy atom. The van der Waals surface area contributed by atoms with E-state index in [0.29, 0.717) is 51.4 Å². The van der Waals surface area contributed by atoms with Gasteiger partial charge < -0.3 is 25.4 Å². The van der Waals surface area contributed by atoms with Crippen LogP contribution in [0.25, 0.3) is 0 Å². The fraction of sp³-hybridized carbons (Fsp3) is 0.577. The zero-order valence-corrected chi connectivity index (χ0v) is 21.5. The summed E-state index contributed by atoms with van der Waals surface area (Å²) >= 11 is 0. The van der Waals surface area contributed by atoms with Gasteiger partial charge in [0.2, 0.25) is 29.5 Å².